The van der Waals surface area contributed by atoms with Gasteiger partial charge in [0, 0.05) is 55.7 Å². The van der Waals surface area contributed by atoms with Crippen molar-refractivity contribution in [2.45, 2.75) is 58.3 Å². The number of hydrogen-bond acceptors (Lipinski definition) is 8. The molecule has 0 aliphatic carbocycles. The Hall–Kier alpha value is -4.81. The second-order valence-electron chi connectivity index (χ2n) is 12.7. The first-order valence-corrected chi connectivity index (χ1v) is 16.7. The van der Waals surface area contributed by atoms with Gasteiger partial charge in [0.25, 0.3) is 11.8 Å². The lowest BCUT2D eigenvalue weighted by Gasteiger charge is -2.35. The van der Waals surface area contributed by atoms with Gasteiger partial charge in [-0.25, -0.2) is 4.79 Å². The zero-order valence-electron chi connectivity index (χ0n) is 28.5. The first-order valence-electron chi connectivity index (χ1n) is 16.7. The number of ether oxygens (including phenoxy) is 4. The molecule has 49 heavy (non-hydrogen) atoms. The summed E-state index contributed by atoms with van der Waals surface area (Å²) in [5.74, 6) is 0.716. The number of fused-ring (bicyclic) bond motifs is 2. The molecule has 0 unspecified atom stereocenters. The smallest absolute Gasteiger partial charge is 0.321 e. The number of hydrogen-bond donors (Lipinski definition) is 3. The predicted octanol–water partition coefficient (Wildman–Crippen LogP) is 5.63. The lowest BCUT2D eigenvalue weighted by molar-refractivity contribution is -0.0115. The van der Waals surface area contributed by atoms with Gasteiger partial charge in [-0.05, 0) is 75.6 Å². The second-order valence-corrected chi connectivity index (χ2v) is 12.7. The van der Waals surface area contributed by atoms with Gasteiger partial charge in [0.2, 0.25) is 6.79 Å². The molecule has 3 aromatic carbocycles. The minimum Gasteiger partial charge on any atom is -0.490 e. The van der Waals surface area contributed by atoms with Crippen LogP contribution in [0.15, 0.2) is 66.7 Å². The van der Waals surface area contributed by atoms with Gasteiger partial charge in [-0.1, -0.05) is 25.1 Å². The van der Waals surface area contributed by atoms with Crippen LogP contribution in [0.1, 0.15) is 60.7 Å². The van der Waals surface area contributed by atoms with Crippen LogP contribution < -0.4 is 24.8 Å². The Balaban J connectivity index is 1.36. The van der Waals surface area contributed by atoms with E-state index in [1.807, 2.05) is 19.9 Å². The largest absolute Gasteiger partial charge is 0.490 e. The highest BCUT2D eigenvalue weighted by Gasteiger charge is 2.31. The van der Waals surface area contributed by atoms with E-state index < -0.39 is 12.1 Å². The lowest BCUT2D eigenvalue weighted by Crippen LogP contribution is -2.48. The molecule has 2 aliphatic heterocycles. The highest BCUT2D eigenvalue weighted by Crippen LogP contribution is 2.34. The molecule has 0 bridgehead atoms. The number of aliphatic hydroxyl groups excluding tert-OH is 1. The number of likely N-dealkylation sites (N-methyl/N-ethyl adjacent to an activating group) is 1. The SMILES string of the molecule is C[C@@H]1CCCCO[C@H](CN(C)C(=O)Nc2ccc3c(c2)OCO3)[C@@H](C)CN([C@@H](C)CO)C(=O)c2cc(NC(=O)c3ccccc3)ccc2O1. The molecule has 4 amide bonds. The van der Waals surface area contributed by atoms with Crippen molar-refractivity contribution in [1.82, 2.24) is 9.80 Å². The van der Waals surface area contributed by atoms with E-state index in [-0.39, 0.29) is 61.9 Å². The maximum Gasteiger partial charge on any atom is 0.321 e. The summed E-state index contributed by atoms with van der Waals surface area (Å²) in [5.41, 5.74) is 1.78. The summed E-state index contributed by atoms with van der Waals surface area (Å²) in [5, 5.41) is 16.0. The van der Waals surface area contributed by atoms with E-state index in [9.17, 15) is 19.5 Å². The first-order chi connectivity index (χ1) is 23.6. The van der Waals surface area contributed by atoms with Crippen LogP contribution in [-0.4, -0.2) is 91.1 Å². The number of carbonyl (C=O) groups is 3. The summed E-state index contributed by atoms with van der Waals surface area (Å²) >= 11 is 0. The quantitative estimate of drug-likeness (QED) is 0.293. The molecule has 4 atom stereocenters. The number of nitrogens with zero attached hydrogens (tertiary/aromatic N) is 2. The van der Waals surface area contributed by atoms with E-state index in [0.29, 0.717) is 40.8 Å². The van der Waals surface area contributed by atoms with Crippen LogP contribution in [0.25, 0.3) is 0 Å². The van der Waals surface area contributed by atoms with Gasteiger partial charge in [-0.2, -0.15) is 0 Å². The van der Waals surface area contributed by atoms with E-state index in [2.05, 4.69) is 10.6 Å². The van der Waals surface area contributed by atoms with Crippen molar-refractivity contribution >= 4 is 29.2 Å². The average Bonchev–Trinajstić information content (AvgIpc) is 3.58. The standard InChI is InChI=1S/C37H46N4O8/c1-24-20-41(25(2)22-42)36(44)30-18-28(38-35(43)27-11-6-5-7-12-27)13-15-31(30)49-26(3)10-8-9-17-46-34(24)21-40(4)37(45)39-29-14-16-32-33(19-29)48-23-47-32/h5-7,11-16,18-19,24-26,34,42H,8-10,17,20-23H2,1-4H3,(H,38,43)(H,39,45)/t24-,25-,26+,34+/m0/s1. The molecule has 0 saturated carbocycles. The van der Waals surface area contributed by atoms with Gasteiger partial charge in [0.05, 0.1) is 30.4 Å². The first kappa shape index (κ1) is 35.5. The zero-order valence-corrected chi connectivity index (χ0v) is 28.5. The summed E-state index contributed by atoms with van der Waals surface area (Å²) in [6.07, 6.45) is 1.75. The molecule has 2 aliphatic rings. The van der Waals surface area contributed by atoms with Gasteiger partial charge >= 0.3 is 6.03 Å². The minimum atomic E-state index is -0.539. The van der Waals surface area contributed by atoms with Gasteiger partial charge in [-0.15, -0.1) is 0 Å². The second kappa shape index (κ2) is 16.5. The van der Waals surface area contributed by atoms with E-state index in [1.54, 1.807) is 84.4 Å². The molecule has 12 nitrogen and oxygen atoms in total. The molecule has 262 valence electrons. The fourth-order valence-electron chi connectivity index (χ4n) is 5.80. The maximum absolute atomic E-state index is 14.4. The van der Waals surface area contributed by atoms with Crippen LogP contribution in [0, 0.1) is 5.92 Å². The summed E-state index contributed by atoms with van der Waals surface area (Å²) in [6.45, 7) is 6.56. The molecule has 0 aromatic heterocycles. The average molecular weight is 675 g/mol. The third-order valence-electron chi connectivity index (χ3n) is 8.77. The number of carbonyl (C=O) groups excluding carboxylic acids is 3. The van der Waals surface area contributed by atoms with E-state index in [0.717, 1.165) is 19.3 Å². The van der Waals surface area contributed by atoms with E-state index in [1.165, 1.54) is 0 Å². The van der Waals surface area contributed by atoms with E-state index in [4.69, 9.17) is 18.9 Å². The van der Waals surface area contributed by atoms with Crippen molar-refractivity contribution in [3.8, 4) is 17.2 Å². The summed E-state index contributed by atoms with van der Waals surface area (Å²) in [6, 6.07) is 18.2. The number of anilines is 2. The molecule has 0 saturated heterocycles. The molecular formula is C37H46N4O8. The Labute approximate surface area is 287 Å². The van der Waals surface area contributed by atoms with Crippen LogP contribution in [0.2, 0.25) is 0 Å². The normalized spacial score (nSPS) is 20.3. The van der Waals surface area contributed by atoms with Gasteiger partial charge < -0.3 is 44.5 Å². The maximum atomic E-state index is 14.4. The third-order valence-corrected chi connectivity index (χ3v) is 8.77. The Bertz CT molecular complexity index is 1600. The summed E-state index contributed by atoms with van der Waals surface area (Å²) < 4.78 is 23.5. The molecule has 0 radical (unpaired) electrons. The zero-order chi connectivity index (χ0) is 34.9. The monoisotopic (exact) mass is 674 g/mol. The number of nitrogens with one attached hydrogen (secondary N) is 2. The molecule has 0 spiro atoms. The minimum absolute atomic E-state index is 0.140. The lowest BCUT2D eigenvalue weighted by atomic mass is 10.0. The van der Waals surface area contributed by atoms with E-state index >= 15 is 0 Å². The Kier molecular flexibility index (Phi) is 12.0. The predicted molar refractivity (Wildman–Crippen MR) is 185 cm³/mol. The molecule has 12 heteroatoms. The molecule has 3 N–H and O–H groups in total. The number of amides is 4. The van der Waals surface area contributed by atoms with Gasteiger partial charge in [-0.3, -0.25) is 9.59 Å². The van der Waals surface area contributed by atoms with Crippen LogP contribution in [0.5, 0.6) is 17.2 Å². The number of rotatable bonds is 7. The Morgan fingerprint density at radius 2 is 1.67 bits per heavy atom. The van der Waals surface area contributed by atoms with Gasteiger partial charge in [0.15, 0.2) is 11.5 Å². The molecule has 2 heterocycles. The fraction of sp³-hybridized carbons (Fsp3) is 0.432. The number of benzene rings is 3. The summed E-state index contributed by atoms with van der Waals surface area (Å²) in [7, 11) is 1.70. The Morgan fingerprint density at radius 3 is 2.43 bits per heavy atom. The fourth-order valence-corrected chi connectivity index (χ4v) is 5.80. The van der Waals surface area contributed by atoms with Crippen molar-refractivity contribution in [2.75, 3.05) is 50.8 Å². The van der Waals surface area contributed by atoms with Crippen molar-refractivity contribution < 1.29 is 38.4 Å². The Morgan fingerprint density at radius 1 is 0.959 bits per heavy atom. The molecule has 5 rings (SSSR count). The van der Waals surface area contributed by atoms with Crippen molar-refractivity contribution in [2.24, 2.45) is 5.92 Å². The number of aliphatic hydroxyl groups is 1. The highest BCUT2D eigenvalue weighted by molar-refractivity contribution is 6.05. The highest BCUT2D eigenvalue weighted by atomic mass is 16.7. The molecular weight excluding hydrogens is 628 g/mol. The van der Waals surface area contributed by atoms with Crippen molar-refractivity contribution in [3.05, 3.63) is 77.9 Å². The van der Waals surface area contributed by atoms with Crippen LogP contribution in [-0.2, 0) is 4.74 Å². The topological polar surface area (TPSA) is 139 Å². The molecule has 0 fully saturated rings. The van der Waals surface area contributed by atoms with Crippen molar-refractivity contribution in [3.63, 3.8) is 0 Å². The molecule has 3 aromatic rings. The van der Waals surface area contributed by atoms with Crippen LogP contribution in [0.4, 0.5) is 16.2 Å². The van der Waals surface area contributed by atoms with Crippen molar-refractivity contribution in [1.29, 1.82) is 0 Å². The van der Waals surface area contributed by atoms with Crippen LogP contribution in [0.3, 0.4) is 0 Å². The van der Waals surface area contributed by atoms with Gasteiger partial charge in [0.1, 0.15) is 5.75 Å². The number of urea groups is 1. The summed E-state index contributed by atoms with van der Waals surface area (Å²) in [4.78, 5) is 43.7. The third kappa shape index (κ3) is 9.21. The van der Waals surface area contributed by atoms with Crippen LogP contribution >= 0.6 is 0 Å².